The van der Waals surface area contributed by atoms with Gasteiger partial charge in [-0.05, 0) is 116 Å². The van der Waals surface area contributed by atoms with Gasteiger partial charge in [0, 0.05) is 12.8 Å². The Morgan fingerprint density at radius 2 is 0.722 bits per heavy atom. The Morgan fingerprint density at radius 1 is 0.392 bits per heavy atom. The van der Waals surface area contributed by atoms with E-state index in [0.29, 0.717) is 17.4 Å². The minimum atomic E-state index is -1.53. The van der Waals surface area contributed by atoms with Crippen molar-refractivity contribution in [3.05, 3.63) is 134 Å². The fraction of sp³-hybridized carbons (Fsp3) is 0.643. The molecule has 79 heavy (non-hydrogen) atoms. The second-order valence-electron chi connectivity index (χ2n) is 21.6. The standard InChI is InChI=1S/C70H115NO8/c1-6-8-10-12-14-16-18-20-22-24-26-28-30-32-34-36-38-40-42-44-46-48-50-52-54-56-58-60-67(72)77-64-66(65-78-70(69(74)75)76-63-62-71(3,4)5)79-68(73)61-59-57-55-53-51-49-47-45-43-41-39-37-35-33-31-29-27-25-23-21-19-17-15-13-11-9-7-2/h9,11,15,17-18,20-21,23-24,26-27,29-30,32-33,35,39,41,45,47,51,53,66,70H,6-8,10,12-14,16,19,22,25,28,31,34,36-38,40,42-44,46,48-50,52,54-65H2,1-5H3/p+1/b11-9-,17-15-,20-18-,23-21-,26-24-,29-27-,32-30-,35-33-,41-39-,47-45-,53-51-. The molecule has 0 spiro atoms. The molecule has 0 fully saturated rings. The van der Waals surface area contributed by atoms with Crippen LogP contribution in [0.1, 0.15) is 232 Å². The van der Waals surface area contributed by atoms with E-state index in [9.17, 15) is 19.5 Å². The van der Waals surface area contributed by atoms with Gasteiger partial charge in [-0.1, -0.05) is 237 Å². The summed E-state index contributed by atoms with van der Waals surface area (Å²) in [6.07, 6.45) is 82.5. The zero-order valence-corrected chi connectivity index (χ0v) is 51.0. The molecule has 0 aliphatic rings. The van der Waals surface area contributed by atoms with E-state index in [1.165, 1.54) is 103 Å². The SMILES string of the molecule is CC/C=C\C/C=C\C/C=C\C/C=C\C/C=C\C/C=C\C/C=C\C/C=C\CCCCC(=O)OC(COC(=O)CCCCCCCCCCCCCC/C=C\C/C=C\C/C=C\CCCCCCC)COC(OCC[N+](C)(C)C)C(=O)O. The summed E-state index contributed by atoms with van der Waals surface area (Å²) in [6.45, 7) is 4.69. The second-order valence-corrected chi connectivity index (χ2v) is 21.6. The third-order valence-corrected chi connectivity index (χ3v) is 12.9. The molecule has 0 aromatic rings. The van der Waals surface area contributed by atoms with Crippen molar-refractivity contribution in [2.24, 2.45) is 0 Å². The highest BCUT2D eigenvalue weighted by Gasteiger charge is 2.25. The molecule has 2 atom stereocenters. The summed E-state index contributed by atoms with van der Waals surface area (Å²) in [4.78, 5) is 37.5. The predicted molar refractivity (Wildman–Crippen MR) is 336 cm³/mol. The summed E-state index contributed by atoms with van der Waals surface area (Å²) >= 11 is 0. The average molecular weight is 1100 g/mol. The molecule has 0 aliphatic heterocycles. The maximum atomic E-state index is 12.9. The third kappa shape index (κ3) is 60.9. The minimum Gasteiger partial charge on any atom is -0.477 e. The van der Waals surface area contributed by atoms with Gasteiger partial charge in [-0.2, -0.15) is 0 Å². The lowest BCUT2D eigenvalue weighted by Gasteiger charge is -2.25. The van der Waals surface area contributed by atoms with Crippen LogP contribution in [0, 0.1) is 0 Å². The smallest absolute Gasteiger partial charge is 0.361 e. The number of quaternary nitrogens is 1. The van der Waals surface area contributed by atoms with Gasteiger partial charge in [-0.15, -0.1) is 0 Å². The Labute approximate surface area is 484 Å². The molecule has 0 aliphatic carbocycles. The highest BCUT2D eigenvalue weighted by molar-refractivity contribution is 5.71. The minimum absolute atomic E-state index is 0.171. The number of unbranched alkanes of at least 4 members (excludes halogenated alkanes) is 19. The van der Waals surface area contributed by atoms with Crippen LogP contribution in [0.4, 0.5) is 0 Å². The number of carbonyl (C=O) groups excluding carboxylic acids is 2. The molecule has 2 unspecified atom stereocenters. The molecule has 0 aromatic carbocycles. The highest BCUT2D eigenvalue weighted by Crippen LogP contribution is 2.15. The lowest BCUT2D eigenvalue weighted by Crippen LogP contribution is -2.40. The fourth-order valence-electron chi connectivity index (χ4n) is 8.09. The zero-order valence-electron chi connectivity index (χ0n) is 51.0. The summed E-state index contributed by atoms with van der Waals surface area (Å²) in [6, 6.07) is 0. The normalized spacial score (nSPS) is 13.7. The van der Waals surface area contributed by atoms with Crippen molar-refractivity contribution in [2.45, 2.75) is 245 Å². The van der Waals surface area contributed by atoms with Crippen LogP contribution in [0.25, 0.3) is 0 Å². The van der Waals surface area contributed by atoms with Crippen LogP contribution in [0.3, 0.4) is 0 Å². The van der Waals surface area contributed by atoms with Gasteiger partial charge in [0.1, 0.15) is 13.2 Å². The number of carboxylic acids is 1. The van der Waals surface area contributed by atoms with Crippen LogP contribution in [0.2, 0.25) is 0 Å². The summed E-state index contributed by atoms with van der Waals surface area (Å²) in [5.41, 5.74) is 0. The third-order valence-electron chi connectivity index (χ3n) is 12.9. The van der Waals surface area contributed by atoms with Crippen LogP contribution < -0.4 is 0 Å². The first kappa shape index (κ1) is 74.4. The molecule has 448 valence electrons. The van der Waals surface area contributed by atoms with Crippen molar-refractivity contribution in [1.82, 2.24) is 0 Å². The van der Waals surface area contributed by atoms with E-state index >= 15 is 0 Å². The van der Waals surface area contributed by atoms with Crippen molar-refractivity contribution < 1.29 is 42.9 Å². The molecule has 0 saturated carbocycles. The van der Waals surface area contributed by atoms with Crippen LogP contribution in [-0.2, 0) is 33.3 Å². The molecule has 9 heteroatoms. The number of aliphatic carboxylic acids is 1. The monoisotopic (exact) mass is 1100 g/mol. The quantitative estimate of drug-likeness (QED) is 0.0211. The maximum absolute atomic E-state index is 12.9. The molecule has 0 aromatic heterocycles. The maximum Gasteiger partial charge on any atom is 0.361 e. The number of nitrogens with zero attached hydrogens (tertiary/aromatic N) is 1. The van der Waals surface area contributed by atoms with Crippen LogP contribution in [0.5, 0.6) is 0 Å². The van der Waals surface area contributed by atoms with E-state index in [2.05, 4.69) is 148 Å². The Kier molecular flexibility index (Phi) is 56.1. The lowest BCUT2D eigenvalue weighted by molar-refractivity contribution is -0.870. The molecule has 9 nitrogen and oxygen atoms in total. The lowest BCUT2D eigenvalue weighted by atomic mass is 10.0. The molecule has 0 heterocycles. The van der Waals surface area contributed by atoms with Crippen molar-refractivity contribution in [1.29, 1.82) is 0 Å². The number of carboxylic acid groups (broad SMARTS) is 1. The van der Waals surface area contributed by atoms with Gasteiger partial charge in [-0.25, -0.2) is 4.79 Å². The van der Waals surface area contributed by atoms with Gasteiger partial charge in [0.15, 0.2) is 6.10 Å². The zero-order chi connectivity index (χ0) is 57.6. The molecule has 0 amide bonds. The molecular weight excluding hydrogens is 983 g/mol. The average Bonchev–Trinajstić information content (AvgIpc) is 3.42. The number of ether oxygens (including phenoxy) is 4. The van der Waals surface area contributed by atoms with E-state index in [4.69, 9.17) is 18.9 Å². The van der Waals surface area contributed by atoms with E-state index in [0.717, 1.165) is 96.3 Å². The van der Waals surface area contributed by atoms with Gasteiger partial charge in [0.05, 0.1) is 34.4 Å². The number of carbonyl (C=O) groups is 3. The van der Waals surface area contributed by atoms with Crippen LogP contribution in [0.15, 0.2) is 134 Å². The number of rotatable bonds is 56. The molecule has 0 saturated heterocycles. The first-order valence-corrected chi connectivity index (χ1v) is 31.3. The van der Waals surface area contributed by atoms with Crippen molar-refractivity contribution in [2.75, 3.05) is 47.5 Å². The molecular formula is C70H116NO8+. The summed E-state index contributed by atoms with van der Waals surface area (Å²) in [5.74, 6) is -2.08. The van der Waals surface area contributed by atoms with E-state index in [1.54, 1.807) is 0 Å². The topological polar surface area (TPSA) is 108 Å². The van der Waals surface area contributed by atoms with Gasteiger partial charge < -0.3 is 28.5 Å². The molecule has 0 radical (unpaired) electrons. The van der Waals surface area contributed by atoms with E-state index in [1.807, 2.05) is 21.1 Å². The first-order valence-electron chi connectivity index (χ1n) is 31.3. The van der Waals surface area contributed by atoms with E-state index < -0.39 is 24.3 Å². The van der Waals surface area contributed by atoms with Crippen molar-refractivity contribution >= 4 is 17.9 Å². The predicted octanol–water partition coefficient (Wildman–Crippen LogP) is 19.0. The highest BCUT2D eigenvalue weighted by atomic mass is 16.7. The number of hydrogen-bond donors (Lipinski definition) is 1. The van der Waals surface area contributed by atoms with Gasteiger partial charge in [0.25, 0.3) is 6.29 Å². The van der Waals surface area contributed by atoms with Crippen LogP contribution >= 0.6 is 0 Å². The summed E-state index contributed by atoms with van der Waals surface area (Å²) in [5, 5.41) is 9.72. The van der Waals surface area contributed by atoms with Crippen LogP contribution in [-0.4, -0.2) is 87.4 Å². The fourth-order valence-corrected chi connectivity index (χ4v) is 8.09. The van der Waals surface area contributed by atoms with E-state index in [-0.39, 0.29) is 38.6 Å². The summed E-state index contributed by atoms with van der Waals surface area (Å²) in [7, 11) is 5.95. The number of hydrogen-bond acceptors (Lipinski definition) is 7. The first-order chi connectivity index (χ1) is 38.6. The Hall–Kier alpha value is -4.57. The molecule has 0 bridgehead atoms. The van der Waals surface area contributed by atoms with Gasteiger partial charge in [0.2, 0.25) is 0 Å². The second kappa shape index (κ2) is 59.5. The number of likely N-dealkylation sites (N-methyl/N-ethyl adjacent to an activating group) is 1. The summed E-state index contributed by atoms with van der Waals surface area (Å²) < 4.78 is 22.9. The molecule has 1 N–H and O–H groups in total. The van der Waals surface area contributed by atoms with Gasteiger partial charge in [-0.3, -0.25) is 9.59 Å². The Balaban J connectivity index is 4.33. The Bertz CT molecular complexity index is 1750. The van der Waals surface area contributed by atoms with Gasteiger partial charge >= 0.3 is 17.9 Å². The Morgan fingerprint density at radius 3 is 1.10 bits per heavy atom. The molecule has 0 rings (SSSR count). The number of esters is 2. The number of allylic oxidation sites excluding steroid dienone is 22. The van der Waals surface area contributed by atoms with Crippen molar-refractivity contribution in [3.63, 3.8) is 0 Å². The van der Waals surface area contributed by atoms with Crippen molar-refractivity contribution in [3.8, 4) is 0 Å². The largest absolute Gasteiger partial charge is 0.477 e.